The number of halogens is 2. The van der Waals surface area contributed by atoms with Crippen LogP contribution in [0.5, 0.6) is 5.75 Å². The van der Waals surface area contributed by atoms with E-state index in [9.17, 15) is 0 Å². The molecule has 0 saturated carbocycles. The van der Waals surface area contributed by atoms with Gasteiger partial charge in [0.2, 0.25) is 0 Å². The van der Waals surface area contributed by atoms with Gasteiger partial charge in [0, 0.05) is 12.5 Å². The molecule has 2 N–H and O–H groups in total. The Kier molecular flexibility index (Phi) is 5.78. The summed E-state index contributed by atoms with van der Waals surface area (Å²) in [6.07, 6.45) is 1.55. The van der Waals surface area contributed by atoms with E-state index >= 15 is 0 Å². The second-order valence-electron chi connectivity index (χ2n) is 4.82. The number of hydrogen-bond acceptors (Lipinski definition) is 5. The van der Waals surface area contributed by atoms with E-state index in [-0.39, 0.29) is 12.6 Å². The number of aromatic nitrogens is 2. The molecule has 1 heterocycles. The molecule has 21 heavy (non-hydrogen) atoms. The zero-order chi connectivity index (χ0) is 15.4. The summed E-state index contributed by atoms with van der Waals surface area (Å²) < 4.78 is 12.6. The first-order valence-electron chi connectivity index (χ1n) is 6.67. The van der Waals surface area contributed by atoms with Crippen LogP contribution in [0.15, 0.2) is 25.6 Å². The molecule has 0 bridgehead atoms. The normalized spacial score (nSPS) is 12.4. The van der Waals surface area contributed by atoms with Crippen LogP contribution in [0.3, 0.4) is 0 Å². The fraction of sp³-hybridized carbons (Fsp3) is 0.429. The molecule has 0 radical (unpaired) electrons. The third kappa shape index (κ3) is 4.52. The van der Waals surface area contributed by atoms with Gasteiger partial charge < -0.3 is 15.0 Å². The van der Waals surface area contributed by atoms with Crippen molar-refractivity contribution in [3.05, 3.63) is 38.4 Å². The summed E-state index contributed by atoms with van der Waals surface area (Å²) in [5.74, 6) is 1.85. The monoisotopic (exact) mass is 417 g/mol. The van der Waals surface area contributed by atoms with Crippen molar-refractivity contribution < 1.29 is 9.26 Å². The smallest absolute Gasteiger partial charge is 0.264 e. The number of ether oxygens (including phenoxy) is 1. The fourth-order valence-corrected chi connectivity index (χ4v) is 3.38. The van der Waals surface area contributed by atoms with Crippen molar-refractivity contribution in [2.75, 3.05) is 0 Å². The molecular formula is C14H17Br2N3O2. The van der Waals surface area contributed by atoms with Crippen LogP contribution in [0.25, 0.3) is 0 Å². The maximum Gasteiger partial charge on any atom is 0.264 e. The average Bonchev–Trinajstić information content (AvgIpc) is 2.85. The van der Waals surface area contributed by atoms with E-state index in [0.717, 1.165) is 27.4 Å². The Morgan fingerprint density at radius 1 is 1.33 bits per heavy atom. The molecule has 5 nitrogen and oxygen atoms in total. The van der Waals surface area contributed by atoms with Crippen LogP contribution in [0, 0.1) is 0 Å². The summed E-state index contributed by atoms with van der Waals surface area (Å²) in [5.41, 5.74) is 6.96. The van der Waals surface area contributed by atoms with Gasteiger partial charge in [-0.1, -0.05) is 12.1 Å². The van der Waals surface area contributed by atoms with Gasteiger partial charge in [-0.3, -0.25) is 0 Å². The number of nitrogens with zero attached hydrogens (tertiary/aromatic N) is 2. The van der Waals surface area contributed by atoms with E-state index < -0.39 is 0 Å². The van der Waals surface area contributed by atoms with Crippen molar-refractivity contribution in [1.82, 2.24) is 10.1 Å². The van der Waals surface area contributed by atoms with Crippen LogP contribution < -0.4 is 10.5 Å². The quantitative estimate of drug-likeness (QED) is 0.775. The Morgan fingerprint density at radius 3 is 2.52 bits per heavy atom. The van der Waals surface area contributed by atoms with Gasteiger partial charge in [-0.25, -0.2) is 0 Å². The number of rotatable bonds is 6. The Bertz CT molecular complexity index is 591. The number of aryl methyl sites for hydroxylation is 1. The third-order valence-corrected chi connectivity index (χ3v) is 3.96. The molecule has 2 aromatic rings. The molecule has 2 rings (SSSR count). The van der Waals surface area contributed by atoms with Gasteiger partial charge in [0.25, 0.3) is 5.89 Å². The van der Waals surface area contributed by atoms with Gasteiger partial charge in [-0.05, 0) is 62.9 Å². The lowest BCUT2D eigenvalue weighted by atomic mass is 10.1. The summed E-state index contributed by atoms with van der Waals surface area (Å²) in [4.78, 5) is 4.21. The standard InChI is InChI=1S/C14H17Br2N3O2/c1-3-12-18-13(21-19-12)7-20-14-10(15)5-9(4-8(2)17)6-11(14)16/h5-6,8H,3-4,7,17H2,1-2H3. The Balaban J connectivity index is 2.09. The molecule has 0 aliphatic heterocycles. The van der Waals surface area contributed by atoms with Gasteiger partial charge in [0.05, 0.1) is 8.95 Å². The Labute approximate surface area is 140 Å². The van der Waals surface area contributed by atoms with Crippen LogP contribution in [-0.4, -0.2) is 16.2 Å². The maximum atomic E-state index is 5.82. The molecule has 1 aromatic carbocycles. The Morgan fingerprint density at radius 2 is 2.00 bits per heavy atom. The minimum absolute atomic E-state index is 0.112. The molecule has 0 amide bonds. The highest BCUT2D eigenvalue weighted by molar-refractivity contribution is 9.11. The van der Waals surface area contributed by atoms with E-state index in [2.05, 4.69) is 42.0 Å². The van der Waals surface area contributed by atoms with Crippen LogP contribution in [-0.2, 0) is 19.4 Å². The van der Waals surface area contributed by atoms with Crippen molar-refractivity contribution in [3.8, 4) is 5.75 Å². The summed E-state index contributed by atoms with van der Waals surface area (Å²) in [6.45, 7) is 4.18. The van der Waals surface area contributed by atoms with Gasteiger partial charge in [-0.15, -0.1) is 0 Å². The van der Waals surface area contributed by atoms with Crippen LogP contribution in [0.4, 0.5) is 0 Å². The van der Waals surface area contributed by atoms with E-state index in [1.807, 2.05) is 26.0 Å². The second kappa shape index (κ2) is 7.38. The van der Waals surface area contributed by atoms with Crippen LogP contribution in [0.1, 0.15) is 31.1 Å². The van der Waals surface area contributed by atoms with E-state index in [0.29, 0.717) is 17.5 Å². The lowest BCUT2D eigenvalue weighted by molar-refractivity contribution is 0.240. The van der Waals surface area contributed by atoms with Gasteiger partial charge in [0.1, 0.15) is 5.75 Å². The lowest BCUT2D eigenvalue weighted by Crippen LogP contribution is -2.17. The molecule has 0 spiro atoms. The maximum absolute atomic E-state index is 5.82. The van der Waals surface area contributed by atoms with Crippen molar-refractivity contribution in [1.29, 1.82) is 0 Å². The molecule has 114 valence electrons. The second-order valence-corrected chi connectivity index (χ2v) is 6.53. The van der Waals surface area contributed by atoms with Crippen LogP contribution in [0.2, 0.25) is 0 Å². The van der Waals surface area contributed by atoms with Gasteiger partial charge >= 0.3 is 0 Å². The molecule has 1 atom stereocenters. The molecular weight excluding hydrogens is 402 g/mol. The summed E-state index contributed by atoms with van der Waals surface area (Å²) in [5, 5.41) is 3.84. The zero-order valence-corrected chi connectivity index (χ0v) is 15.1. The van der Waals surface area contributed by atoms with Gasteiger partial charge in [-0.2, -0.15) is 4.98 Å². The zero-order valence-electron chi connectivity index (χ0n) is 11.9. The lowest BCUT2D eigenvalue weighted by Gasteiger charge is -2.12. The molecule has 0 saturated heterocycles. The van der Waals surface area contributed by atoms with Crippen molar-refractivity contribution in [3.63, 3.8) is 0 Å². The topological polar surface area (TPSA) is 74.2 Å². The number of hydrogen-bond donors (Lipinski definition) is 1. The average molecular weight is 419 g/mol. The third-order valence-electron chi connectivity index (χ3n) is 2.78. The van der Waals surface area contributed by atoms with E-state index in [1.54, 1.807) is 0 Å². The molecule has 1 aromatic heterocycles. The summed E-state index contributed by atoms with van der Waals surface area (Å²) >= 11 is 7.04. The van der Waals surface area contributed by atoms with E-state index in [4.69, 9.17) is 15.0 Å². The highest BCUT2D eigenvalue weighted by Gasteiger charge is 2.12. The van der Waals surface area contributed by atoms with Crippen molar-refractivity contribution in [2.24, 2.45) is 5.73 Å². The molecule has 0 fully saturated rings. The first kappa shape index (κ1) is 16.5. The molecule has 1 unspecified atom stereocenters. The van der Waals surface area contributed by atoms with Crippen molar-refractivity contribution in [2.45, 2.75) is 39.3 Å². The fourth-order valence-electron chi connectivity index (χ4n) is 1.87. The van der Waals surface area contributed by atoms with Crippen LogP contribution >= 0.6 is 31.9 Å². The summed E-state index contributed by atoms with van der Waals surface area (Å²) in [7, 11) is 0. The first-order valence-corrected chi connectivity index (χ1v) is 8.26. The Hall–Kier alpha value is -0.920. The highest BCUT2D eigenvalue weighted by atomic mass is 79.9. The highest BCUT2D eigenvalue weighted by Crippen LogP contribution is 2.35. The minimum atomic E-state index is 0.112. The number of nitrogens with two attached hydrogens (primary N) is 1. The van der Waals surface area contributed by atoms with Gasteiger partial charge in [0.15, 0.2) is 12.4 Å². The SMILES string of the molecule is CCc1noc(COc2c(Br)cc(CC(C)N)cc2Br)n1. The predicted molar refractivity (Wildman–Crippen MR) is 87.2 cm³/mol. The van der Waals surface area contributed by atoms with E-state index in [1.165, 1.54) is 0 Å². The molecule has 0 aliphatic carbocycles. The largest absolute Gasteiger partial charge is 0.481 e. The first-order chi connectivity index (χ1) is 9.99. The van der Waals surface area contributed by atoms with Crippen molar-refractivity contribution >= 4 is 31.9 Å². The molecule has 0 aliphatic rings. The number of benzene rings is 1. The molecule has 7 heteroatoms. The summed E-state index contributed by atoms with van der Waals surface area (Å²) in [6, 6.07) is 4.13. The predicted octanol–water partition coefficient (Wildman–Crippen LogP) is 3.63. The minimum Gasteiger partial charge on any atom is -0.481 e.